The molecule has 0 saturated carbocycles. The first-order chi connectivity index (χ1) is 15.7. The largest absolute Gasteiger partial charge is 0.347 e. The van der Waals surface area contributed by atoms with E-state index in [-0.39, 0.29) is 11.9 Å². The summed E-state index contributed by atoms with van der Waals surface area (Å²) in [6, 6.07) is 18.5. The van der Waals surface area contributed by atoms with Crippen molar-refractivity contribution in [3.05, 3.63) is 83.8 Å². The van der Waals surface area contributed by atoms with Crippen LogP contribution in [-0.4, -0.2) is 31.4 Å². The van der Waals surface area contributed by atoms with Crippen LogP contribution in [0.25, 0.3) is 22.0 Å². The second kappa shape index (κ2) is 7.30. The number of nitrogens with zero attached hydrogens (tertiary/aromatic N) is 4. The fraction of sp³-hybridized carbons (Fsp3) is 0.200. The van der Waals surface area contributed by atoms with E-state index in [1.807, 2.05) is 41.3 Å². The Labute approximate surface area is 184 Å². The topological polar surface area (TPSA) is 81.8 Å². The van der Waals surface area contributed by atoms with E-state index in [2.05, 4.69) is 50.5 Å². The van der Waals surface area contributed by atoms with Crippen LogP contribution >= 0.6 is 0 Å². The molecule has 0 spiro atoms. The number of hydrogen-bond acceptors (Lipinski definition) is 4. The van der Waals surface area contributed by atoms with Gasteiger partial charge in [-0.3, -0.25) is 14.9 Å². The van der Waals surface area contributed by atoms with E-state index >= 15 is 0 Å². The molecule has 4 aromatic rings. The van der Waals surface area contributed by atoms with Gasteiger partial charge in [0.1, 0.15) is 5.69 Å². The molecule has 7 heteroatoms. The zero-order chi connectivity index (χ0) is 21.7. The number of aromatic nitrogens is 4. The number of hydrogen-bond donors (Lipinski definition) is 1. The lowest BCUT2D eigenvalue weighted by Crippen LogP contribution is -2.22. The third-order valence-electron chi connectivity index (χ3n) is 6.44. The summed E-state index contributed by atoms with van der Waals surface area (Å²) in [6.07, 6.45) is 6.49. The summed E-state index contributed by atoms with van der Waals surface area (Å²) < 4.78 is 4.04. The van der Waals surface area contributed by atoms with E-state index in [9.17, 15) is 9.59 Å². The Morgan fingerprint density at radius 3 is 2.59 bits per heavy atom. The van der Waals surface area contributed by atoms with E-state index in [1.165, 1.54) is 5.56 Å². The number of benzene rings is 2. The predicted octanol–water partition coefficient (Wildman–Crippen LogP) is 3.38. The summed E-state index contributed by atoms with van der Waals surface area (Å²) in [4.78, 5) is 25.5. The van der Waals surface area contributed by atoms with Gasteiger partial charge < -0.3 is 4.57 Å². The monoisotopic (exact) mass is 423 g/mol. The average Bonchev–Trinajstić information content (AvgIpc) is 3.49. The third kappa shape index (κ3) is 2.97. The molecule has 0 radical (unpaired) electrons. The molecule has 2 aliphatic rings. The van der Waals surface area contributed by atoms with Crippen molar-refractivity contribution in [3.63, 3.8) is 0 Å². The summed E-state index contributed by atoms with van der Waals surface area (Å²) in [5, 5.41) is 12.1. The van der Waals surface area contributed by atoms with Crippen molar-refractivity contribution >= 4 is 33.9 Å². The van der Waals surface area contributed by atoms with E-state index in [0.717, 1.165) is 42.3 Å². The molecule has 1 atom stereocenters. The Hall–Kier alpha value is -4.00. The number of carbonyl (C=O) groups excluding carboxylic acids is 2. The maximum atomic E-state index is 12.8. The van der Waals surface area contributed by atoms with Gasteiger partial charge in [-0.25, -0.2) is 4.68 Å². The molecular weight excluding hydrogens is 402 g/mol. The summed E-state index contributed by atoms with van der Waals surface area (Å²) in [7, 11) is 0. The molecule has 2 aromatic heterocycles. The lowest BCUT2D eigenvalue weighted by atomic mass is 9.99. The fourth-order valence-electron chi connectivity index (χ4n) is 4.83. The van der Waals surface area contributed by atoms with Crippen LogP contribution in [0.15, 0.2) is 67.0 Å². The van der Waals surface area contributed by atoms with Gasteiger partial charge in [0.25, 0.3) is 11.8 Å². The Morgan fingerprint density at radius 2 is 1.72 bits per heavy atom. The van der Waals surface area contributed by atoms with Gasteiger partial charge in [-0.1, -0.05) is 53.7 Å². The quantitative estimate of drug-likeness (QED) is 0.512. The molecule has 158 valence electrons. The summed E-state index contributed by atoms with van der Waals surface area (Å²) in [5.41, 5.74) is 4.20. The van der Waals surface area contributed by atoms with Crippen LogP contribution in [-0.2, 0) is 22.6 Å². The Kier molecular flexibility index (Phi) is 4.28. The van der Waals surface area contributed by atoms with Crippen LogP contribution < -0.4 is 5.32 Å². The zero-order valence-electron chi connectivity index (χ0n) is 17.4. The standard InChI is InChI=1S/C25H21N5O2/c31-24-22-19-14-29(21-9-5-4-8-18(19)21)13-12-17(11-10-16-6-2-1-3-7-16)30-15-20(27-28-30)23(22)25(32)26-24/h1-9,14-15,17H,10-13H2,(H,26,31,32). The lowest BCUT2D eigenvalue weighted by molar-refractivity contribution is -0.122. The SMILES string of the molecule is O=C1NC(=O)C2=C1c1cn(nn1)C(CCc1ccccc1)CCn1cc2c2ccccc21. The molecule has 4 bridgehead atoms. The van der Waals surface area contributed by atoms with Crippen LogP contribution in [0, 0.1) is 0 Å². The number of imide groups is 1. The molecule has 4 heterocycles. The minimum Gasteiger partial charge on any atom is -0.347 e. The molecule has 1 N–H and O–H groups in total. The molecule has 2 aromatic carbocycles. The van der Waals surface area contributed by atoms with Crippen molar-refractivity contribution in [1.29, 1.82) is 0 Å². The molecule has 2 amide bonds. The lowest BCUT2D eigenvalue weighted by Gasteiger charge is -2.18. The van der Waals surface area contributed by atoms with Gasteiger partial charge in [-0.05, 0) is 30.9 Å². The molecule has 0 aliphatic carbocycles. The smallest absolute Gasteiger partial charge is 0.261 e. The molecule has 1 unspecified atom stereocenters. The fourth-order valence-corrected chi connectivity index (χ4v) is 4.83. The molecular formula is C25H21N5O2. The molecule has 0 saturated heterocycles. The minimum atomic E-state index is -0.422. The maximum Gasteiger partial charge on any atom is 0.261 e. The molecule has 0 fully saturated rings. The first kappa shape index (κ1) is 18.7. The highest BCUT2D eigenvalue weighted by molar-refractivity contribution is 6.49. The van der Waals surface area contributed by atoms with Crippen molar-refractivity contribution in [2.45, 2.75) is 31.8 Å². The number of fused-ring (bicyclic) bond motifs is 9. The van der Waals surface area contributed by atoms with E-state index in [0.29, 0.717) is 16.8 Å². The first-order valence-electron chi connectivity index (χ1n) is 10.8. The maximum absolute atomic E-state index is 12.8. The van der Waals surface area contributed by atoms with Gasteiger partial charge in [0, 0.05) is 29.2 Å². The predicted molar refractivity (Wildman–Crippen MR) is 120 cm³/mol. The highest BCUT2D eigenvalue weighted by Crippen LogP contribution is 2.36. The van der Waals surface area contributed by atoms with Crippen molar-refractivity contribution in [2.75, 3.05) is 0 Å². The number of carbonyl (C=O) groups is 2. The number of amides is 2. The van der Waals surface area contributed by atoms with Crippen LogP contribution in [0.2, 0.25) is 0 Å². The van der Waals surface area contributed by atoms with E-state index in [1.54, 1.807) is 0 Å². The van der Waals surface area contributed by atoms with Gasteiger partial charge >= 0.3 is 0 Å². The van der Waals surface area contributed by atoms with Crippen LogP contribution in [0.1, 0.15) is 35.7 Å². The number of para-hydroxylation sites is 1. The van der Waals surface area contributed by atoms with Crippen LogP contribution in [0.3, 0.4) is 0 Å². The summed E-state index contributed by atoms with van der Waals surface area (Å²) >= 11 is 0. The molecule has 7 nitrogen and oxygen atoms in total. The van der Waals surface area contributed by atoms with E-state index < -0.39 is 5.91 Å². The molecule has 6 rings (SSSR count). The van der Waals surface area contributed by atoms with E-state index in [4.69, 9.17) is 0 Å². The summed E-state index contributed by atoms with van der Waals surface area (Å²) in [5.74, 6) is -0.809. The van der Waals surface area contributed by atoms with Gasteiger partial charge in [-0.2, -0.15) is 0 Å². The van der Waals surface area contributed by atoms with Gasteiger partial charge in [0.15, 0.2) is 0 Å². The van der Waals surface area contributed by atoms with Gasteiger partial charge in [0.2, 0.25) is 0 Å². The number of nitrogens with one attached hydrogen (secondary N) is 1. The average molecular weight is 423 g/mol. The normalized spacial score (nSPS) is 17.9. The van der Waals surface area contributed by atoms with Crippen molar-refractivity contribution in [2.24, 2.45) is 0 Å². The third-order valence-corrected chi connectivity index (χ3v) is 6.44. The first-order valence-corrected chi connectivity index (χ1v) is 10.8. The highest BCUT2D eigenvalue weighted by atomic mass is 16.2. The van der Waals surface area contributed by atoms with Crippen molar-refractivity contribution in [3.8, 4) is 0 Å². The summed E-state index contributed by atoms with van der Waals surface area (Å²) in [6.45, 7) is 0.771. The van der Waals surface area contributed by atoms with Crippen LogP contribution in [0.5, 0.6) is 0 Å². The minimum absolute atomic E-state index is 0.114. The Bertz CT molecular complexity index is 1400. The van der Waals surface area contributed by atoms with Crippen LogP contribution in [0.4, 0.5) is 0 Å². The second-order valence-corrected chi connectivity index (χ2v) is 8.34. The van der Waals surface area contributed by atoms with Gasteiger partial charge in [-0.15, -0.1) is 5.10 Å². The molecule has 2 aliphatic heterocycles. The number of rotatable bonds is 3. The molecule has 32 heavy (non-hydrogen) atoms. The van der Waals surface area contributed by atoms with Gasteiger partial charge in [0.05, 0.1) is 23.4 Å². The van der Waals surface area contributed by atoms with Crippen molar-refractivity contribution in [1.82, 2.24) is 24.9 Å². The Balaban J connectivity index is 1.49. The highest BCUT2D eigenvalue weighted by Gasteiger charge is 2.36. The number of aryl methyl sites for hydroxylation is 2. The van der Waals surface area contributed by atoms with Crippen molar-refractivity contribution < 1.29 is 9.59 Å². The Morgan fingerprint density at radius 1 is 0.938 bits per heavy atom. The second-order valence-electron chi connectivity index (χ2n) is 8.34. The zero-order valence-corrected chi connectivity index (χ0v) is 17.4.